The van der Waals surface area contributed by atoms with Gasteiger partial charge in [-0.15, -0.1) is 0 Å². The zero-order valence-corrected chi connectivity index (χ0v) is 43.0. The second-order valence-corrected chi connectivity index (χ2v) is 18.2. The summed E-state index contributed by atoms with van der Waals surface area (Å²) in [5.74, 6) is -16.5. The molecule has 0 fully saturated rings. The number of aliphatic hydroxyl groups is 1. The highest BCUT2D eigenvalue weighted by Gasteiger charge is 2.37. The number of carbonyl (C=O) groups excluding carboxylic acids is 9. The zero-order chi connectivity index (χ0) is 56.3. The van der Waals surface area contributed by atoms with Crippen LogP contribution in [0.5, 0.6) is 5.75 Å². The Hall–Kier alpha value is -7.27. The van der Waals surface area contributed by atoms with Gasteiger partial charge in [-0.1, -0.05) is 27.7 Å². The Morgan fingerprint density at radius 2 is 1.00 bits per heavy atom. The molecule has 0 saturated carbocycles. The maximum absolute atomic E-state index is 13.8. The highest BCUT2D eigenvalue weighted by molar-refractivity contribution is 7.80. The topological polar surface area (TPSA) is 421 Å². The Bertz CT molecular complexity index is 2490. The SMILES string of the molecule is CC(=O)N[C@@H](CC(=O)O)C(=O)N[C@H](C(=O)N[C@@H](CCC(=O)O)C(=O)N[C@@H](CC(=O)O)C(=O)N[C@H](C(=O)N[C@H](C(=O)N[C@@H](CS)C(=O)N[C@@H](CS)C(=O)Oc1ccc2c(C)cc(=O)oc2c1)C(C)C)C(C)C)[C@@H](C)O. The van der Waals surface area contributed by atoms with Gasteiger partial charge in [0.15, 0.2) is 0 Å². The first kappa shape index (κ1) is 62.8. The van der Waals surface area contributed by atoms with Crippen LogP contribution in [-0.4, -0.2) is 158 Å². The van der Waals surface area contributed by atoms with Gasteiger partial charge in [-0.05, 0) is 49.8 Å². The first-order valence-corrected chi connectivity index (χ1v) is 24.0. The van der Waals surface area contributed by atoms with Crippen LogP contribution in [0.3, 0.4) is 0 Å². The molecule has 0 aliphatic carbocycles. The summed E-state index contributed by atoms with van der Waals surface area (Å²) < 4.78 is 10.6. The number of hydrogen-bond donors (Lipinski definition) is 14. The lowest BCUT2D eigenvalue weighted by molar-refractivity contribution is -0.143. The van der Waals surface area contributed by atoms with E-state index in [2.05, 4.69) is 67.8 Å². The molecule has 0 bridgehead atoms. The predicted octanol–water partition coefficient (Wildman–Crippen LogP) is -2.73. The molecule has 2 aromatic rings. The maximum Gasteiger partial charge on any atom is 0.336 e. The summed E-state index contributed by atoms with van der Waals surface area (Å²) in [6.07, 6.45) is -5.34. The molecule has 1 aromatic heterocycles. The summed E-state index contributed by atoms with van der Waals surface area (Å²) in [5, 5.41) is 57.2. The van der Waals surface area contributed by atoms with Gasteiger partial charge in [0.05, 0.1) is 18.9 Å². The lowest BCUT2D eigenvalue weighted by Crippen LogP contribution is -2.62. The van der Waals surface area contributed by atoms with Crippen molar-refractivity contribution in [1.82, 2.24) is 42.5 Å². The molecule has 0 aliphatic heterocycles. The number of esters is 1. The van der Waals surface area contributed by atoms with Crippen molar-refractivity contribution in [3.63, 3.8) is 0 Å². The highest BCUT2D eigenvalue weighted by atomic mass is 32.1. The summed E-state index contributed by atoms with van der Waals surface area (Å²) in [6, 6.07) is -7.69. The van der Waals surface area contributed by atoms with Gasteiger partial charge in [-0.3, -0.25) is 52.7 Å². The lowest BCUT2D eigenvalue weighted by atomic mass is 9.99. The molecule has 0 saturated heterocycles. The Kier molecular flexibility index (Phi) is 25.0. The van der Waals surface area contributed by atoms with Gasteiger partial charge >= 0.3 is 29.5 Å². The molecule has 1 heterocycles. The number of benzene rings is 1. The van der Waals surface area contributed by atoms with E-state index in [-0.39, 0.29) is 22.8 Å². The molecular formula is C45H62N8O19S2. The maximum atomic E-state index is 13.8. The summed E-state index contributed by atoms with van der Waals surface area (Å²) in [4.78, 5) is 166. The molecule has 0 aliphatic rings. The van der Waals surface area contributed by atoms with E-state index in [1.54, 1.807) is 13.0 Å². The fourth-order valence-electron chi connectivity index (χ4n) is 6.77. The van der Waals surface area contributed by atoms with Crippen molar-refractivity contribution >= 4 is 107 Å². The number of carboxylic acids is 3. The second kappa shape index (κ2) is 29.4. The number of fused-ring (bicyclic) bond motifs is 1. The number of thiol groups is 2. The number of amides is 8. The van der Waals surface area contributed by atoms with E-state index >= 15 is 0 Å². The van der Waals surface area contributed by atoms with Gasteiger partial charge in [-0.25, -0.2) is 9.59 Å². The van der Waals surface area contributed by atoms with Crippen molar-refractivity contribution in [3.8, 4) is 5.75 Å². The lowest BCUT2D eigenvalue weighted by Gasteiger charge is -2.30. The molecule has 0 radical (unpaired) electrons. The van der Waals surface area contributed by atoms with Crippen LogP contribution in [0, 0.1) is 18.8 Å². The molecule has 74 heavy (non-hydrogen) atoms. The molecule has 2 rings (SSSR count). The van der Waals surface area contributed by atoms with E-state index in [0.29, 0.717) is 10.9 Å². The van der Waals surface area contributed by atoms with E-state index in [0.717, 1.165) is 13.8 Å². The molecule has 0 spiro atoms. The Labute approximate surface area is 433 Å². The van der Waals surface area contributed by atoms with Crippen LogP contribution in [0.15, 0.2) is 33.5 Å². The van der Waals surface area contributed by atoms with Crippen LogP contribution in [0.25, 0.3) is 11.0 Å². The second-order valence-electron chi connectivity index (χ2n) is 17.5. The third-order valence-corrected chi connectivity index (χ3v) is 11.4. The number of ether oxygens (including phenoxy) is 1. The molecule has 8 amide bonds. The van der Waals surface area contributed by atoms with Gasteiger partial charge < -0.3 is 72.1 Å². The van der Waals surface area contributed by atoms with Gasteiger partial charge in [0.2, 0.25) is 47.3 Å². The first-order chi connectivity index (χ1) is 34.5. The Morgan fingerprint density at radius 3 is 1.49 bits per heavy atom. The van der Waals surface area contributed by atoms with Crippen molar-refractivity contribution < 1.29 is 87.1 Å². The number of carboxylic acid groups (broad SMARTS) is 3. The Morgan fingerprint density at radius 1 is 0.568 bits per heavy atom. The number of carbonyl (C=O) groups is 12. The van der Waals surface area contributed by atoms with E-state index in [1.165, 1.54) is 45.9 Å². The van der Waals surface area contributed by atoms with Crippen LogP contribution in [0.1, 0.15) is 72.8 Å². The van der Waals surface area contributed by atoms with Crippen molar-refractivity contribution in [2.24, 2.45) is 11.8 Å². The molecular weight excluding hydrogens is 1020 g/mol. The minimum absolute atomic E-state index is 0.0145. The van der Waals surface area contributed by atoms with E-state index in [9.17, 15) is 82.8 Å². The largest absolute Gasteiger partial charge is 0.481 e. The van der Waals surface area contributed by atoms with Crippen LogP contribution >= 0.6 is 25.3 Å². The van der Waals surface area contributed by atoms with Gasteiger partial charge in [0.1, 0.15) is 59.7 Å². The van der Waals surface area contributed by atoms with Crippen molar-refractivity contribution in [1.29, 1.82) is 0 Å². The van der Waals surface area contributed by atoms with Crippen molar-refractivity contribution in [3.05, 3.63) is 40.2 Å². The van der Waals surface area contributed by atoms with Gasteiger partial charge in [-0.2, -0.15) is 25.3 Å². The van der Waals surface area contributed by atoms with E-state index in [1.807, 2.05) is 0 Å². The number of aryl methyl sites for hydroxylation is 1. The number of aliphatic carboxylic acids is 3. The molecule has 12 N–H and O–H groups in total. The van der Waals surface area contributed by atoms with E-state index in [4.69, 9.17) is 9.15 Å². The van der Waals surface area contributed by atoms with Crippen LogP contribution in [-0.2, 0) is 57.5 Å². The number of rotatable bonds is 29. The molecule has 408 valence electrons. The number of aliphatic hydroxyl groups excluding tert-OH is 1. The van der Waals surface area contributed by atoms with Crippen LogP contribution < -0.4 is 52.9 Å². The van der Waals surface area contributed by atoms with E-state index < -0.39 is 169 Å². The predicted molar refractivity (Wildman–Crippen MR) is 264 cm³/mol. The highest BCUT2D eigenvalue weighted by Crippen LogP contribution is 2.23. The monoisotopic (exact) mass is 1080 g/mol. The number of nitrogens with one attached hydrogen (secondary N) is 8. The molecule has 29 heteroatoms. The minimum atomic E-state index is -2.02. The summed E-state index contributed by atoms with van der Waals surface area (Å²) in [6.45, 7) is 9.70. The third kappa shape index (κ3) is 20.0. The van der Waals surface area contributed by atoms with Crippen LogP contribution in [0.2, 0.25) is 0 Å². The average molecular weight is 1080 g/mol. The van der Waals surface area contributed by atoms with Gasteiger partial charge in [0.25, 0.3) is 0 Å². The van der Waals surface area contributed by atoms with Crippen molar-refractivity contribution in [2.45, 2.75) is 129 Å². The minimum Gasteiger partial charge on any atom is -0.481 e. The normalized spacial score (nSPS) is 14.8. The zero-order valence-electron chi connectivity index (χ0n) is 41.2. The standard InChI is InChI=1S/C45H62N8O19S2/c1-18(2)35(42(67)49-28(16-73)41(66)50-29(17-74)45(70)71-23-8-9-24-20(5)12-34(62)72-30(24)13-23)52-43(68)36(19(3)4)51-40(65)27(15-33(60)61)48-38(63)25(10-11-31(56)57)47-44(69)37(21(6)54)53-39(64)26(14-32(58)59)46-22(7)55/h8-9,12-13,18-19,21,25-29,35-37,54,73-74H,10-11,14-17H2,1-7H3,(H,46,55)(H,47,69)(H,48,63)(H,49,67)(H,50,66)(H,51,65)(H,52,68)(H,53,64)(H,56,57)(H,58,59)(H,60,61)/t21-,25+,26+,27+,28+,29+,35+,36+,37+/m1/s1. The number of hydrogen-bond acceptors (Lipinski definition) is 18. The van der Waals surface area contributed by atoms with Crippen molar-refractivity contribution in [2.75, 3.05) is 11.5 Å². The quantitative estimate of drug-likeness (QED) is 0.0170. The summed E-state index contributed by atoms with van der Waals surface area (Å²) in [7, 11) is 0. The smallest absolute Gasteiger partial charge is 0.336 e. The third-order valence-electron chi connectivity index (χ3n) is 10.7. The first-order valence-electron chi connectivity index (χ1n) is 22.7. The van der Waals surface area contributed by atoms with Crippen LogP contribution in [0.4, 0.5) is 0 Å². The van der Waals surface area contributed by atoms with Gasteiger partial charge in [0, 0.05) is 42.4 Å². The summed E-state index contributed by atoms with van der Waals surface area (Å²) in [5.41, 5.74) is 0.143. The Balaban J connectivity index is 2.26. The molecule has 0 unspecified atom stereocenters. The summed E-state index contributed by atoms with van der Waals surface area (Å²) >= 11 is 8.31. The molecule has 9 atom stereocenters. The average Bonchev–Trinajstić information content (AvgIpc) is 3.29. The fourth-order valence-corrected chi connectivity index (χ4v) is 7.27. The molecule has 1 aromatic carbocycles. The molecule has 27 nitrogen and oxygen atoms in total. The fraction of sp³-hybridized carbons (Fsp3) is 0.533.